The standard InChI is InChI=1S/C3H8O.C2H3NS/c1-3(2)4;1-4-2-3/h3-4H,1-2H3;1H3. The van der Waals surface area contributed by atoms with Gasteiger partial charge in [0.1, 0.15) is 5.40 Å². The van der Waals surface area contributed by atoms with Crippen LogP contribution in [-0.4, -0.2) is 17.5 Å². The predicted octanol–water partition coefficient (Wildman–Crippen LogP) is 1.22. The van der Waals surface area contributed by atoms with Crippen LogP contribution >= 0.6 is 11.8 Å². The van der Waals surface area contributed by atoms with Crippen LogP contribution in [0.2, 0.25) is 0 Å². The first-order valence-corrected chi connectivity index (χ1v) is 3.47. The fourth-order valence-corrected chi connectivity index (χ4v) is 0. The lowest BCUT2D eigenvalue weighted by Gasteiger charge is -1.80. The number of nitrogens with zero attached hydrogens (tertiary/aromatic N) is 1. The Morgan fingerprint density at radius 2 is 1.75 bits per heavy atom. The van der Waals surface area contributed by atoms with E-state index in [1.807, 2.05) is 5.40 Å². The maximum absolute atomic E-state index is 8.06. The molecule has 0 atom stereocenters. The Labute approximate surface area is 54.5 Å². The molecule has 0 aliphatic carbocycles. The van der Waals surface area contributed by atoms with Crippen LogP contribution in [0.3, 0.4) is 0 Å². The van der Waals surface area contributed by atoms with Gasteiger partial charge in [-0.3, -0.25) is 0 Å². The highest BCUT2D eigenvalue weighted by atomic mass is 32.2. The van der Waals surface area contributed by atoms with Gasteiger partial charge in [-0.1, -0.05) is 0 Å². The second-order valence-corrected chi connectivity index (χ2v) is 1.98. The molecule has 3 heteroatoms. The average Bonchev–Trinajstić information content (AvgIpc) is 1.65. The summed E-state index contributed by atoms with van der Waals surface area (Å²) in [7, 11) is 0. The van der Waals surface area contributed by atoms with Crippen LogP contribution in [0.5, 0.6) is 0 Å². The first kappa shape index (κ1) is 10.7. The minimum absolute atomic E-state index is 0.167. The molecule has 0 rings (SSSR count). The van der Waals surface area contributed by atoms with Crippen molar-refractivity contribution in [3.05, 3.63) is 0 Å². The number of nitriles is 1. The van der Waals surface area contributed by atoms with Gasteiger partial charge in [-0.05, 0) is 31.9 Å². The summed E-state index contributed by atoms with van der Waals surface area (Å²) in [5, 5.41) is 17.5. The van der Waals surface area contributed by atoms with Crippen molar-refractivity contribution in [1.82, 2.24) is 0 Å². The monoisotopic (exact) mass is 133 g/mol. The molecule has 0 bridgehead atoms. The molecule has 0 spiro atoms. The van der Waals surface area contributed by atoms with Gasteiger partial charge in [0.05, 0.1) is 0 Å². The highest BCUT2D eigenvalue weighted by Gasteiger charge is 1.69. The summed E-state index contributed by atoms with van der Waals surface area (Å²) in [4.78, 5) is 0. The van der Waals surface area contributed by atoms with Gasteiger partial charge in [0, 0.05) is 6.10 Å². The largest absolute Gasteiger partial charge is 0.394 e. The molecule has 2 nitrogen and oxygen atoms in total. The van der Waals surface area contributed by atoms with Gasteiger partial charge in [0.25, 0.3) is 0 Å². The third-order valence-corrected chi connectivity index (χ3v) is 0.274. The van der Waals surface area contributed by atoms with Crippen molar-refractivity contribution < 1.29 is 5.11 Å². The molecule has 0 aromatic heterocycles. The zero-order valence-electron chi connectivity index (χ0n) is 5.38. The Morgan fingerprint density at radius 3 is 1.75 bits per heavy atom. The molecule has 1 N–H and O–H groups in total. The number of thioether (sulfide) groups is 1. The summed E-state index contributed by atoms with van der Waals surface area (Å²) in [6.45, 7) is 3.44. The highest BCUT2D eigenvalue weighted by Crippen LogP contribution is 1.78. The molecule has 0 saturated carbocycles. The maximum atomic E-state index is 8.06. The van der Waals surface area contributed by atoms with E-state index in [2.05, 4.69) is 0 Å². The minimum atomic E-state index is -0.167. The zero-order valence-corrected chi connectivity index (χ0v) is 6.20. The quantitative estimate of drug-likeness (QED) is 0.505. The Kier molecular flexibility index (Phi) is 13.3. The molecule has 0 radical (unpaired) electrons. The van der Waals surface area contributed by atoms with Crippen molar-refractivity contribution in [2.45, 2.75) is 20.0 Å². The Balaban J connectivity index is 0. The average molecular weight is 133 g/mol. The highest BCUT2D eigenvalue weighted by molar-refractivity contribution is 8.03. The SMILES string of the molecule is CC(C)O.CSC#N. The second kappa shape index (κ2) is 9.93. The number of aliphatic hydroxyl groups is 1. The van der Waals surface area contributed by atoms with Crippen molar-refractivity contribution in [2.75, 3.05) is 6.26 Å². The van der Waals surface area contributed by atoms with Gasteiger partial charge in [-0.15, -0.1) is 0 Å². The fraction of sp³-hybridized carbons (Fsp3) is 0.800. The topological polar surface area (TPSA) is 44.0 Å². The van der Waals surface area contributed by atoms with E-state index in [1.54, 1.807) is 20.1 Å². The van der Waals surface area contributed by atoms with Crippen LogP contribution in [0.1, 0.15) is 13.8 Å². The molecule has 0 aliphatic heterocycles. The molecule has 0 heterocycles. The smallest absolute Gasteiger partial charge is 0.133 e. The zero-order chi connectivity index (χ0) is 6.99. The predicted molar refractivity (Wildman–Crippen MR) is 36.5 cm³/mol. The van der Waals surface area contributed by atoms with E-state index in [0.717, 1.165) is 11.8 Å². The van der Waals surface area contributed by atoms with E-state index in [4.69, 9.17) is 10.4 Å². The van der Waals surface area contributed by atoms with E-state index in [-0.39, 0.29) is 6.10 Å². The van der Waals surface area contributed by atoms with E-state index >= 15 is 0 Å². The first-order valence-electron chi connectivity index (χ1n) is 2.25. The van der Waals surface area contributed by atoms with E-state index in [9.17, 15) is 0 Å². The molecule has 0 amide bonds. The Bertz CT molecular complexity index is 64.6. The normalized spacial score (nSPS) is 7.00. The van der Waals surface area contributed by atoms with Crippen molar-refractivity contribution in [1.29, 1.82) is 5.26 Å². The Hall–Kier alpha value is -0.200. The molecular weight excluding hydrogens is 122 g/mol. The molecule has 0 aromatic rings. The first-order chi connectivity index (χ1) is 3.65. The van der Waals surface area contributed by atoms with E-state index < -0.39 is 0 Å². The summed E-state index contributed by atoms with van der Waals surface area (Å²) in [6, 6.07) is 0. The summed E-state index contributed by atoms with van der Waals surface area (Å²) in [6.07, 6.45) is 1.57. The second-order valence-electron chi connectivity index (χ2n) is 1.39. The van der Waals surface area contributed by atoms with Crippen LogP contribution in [0.4, 0.5) is 0 Å². The Morgan fingerprint density at radius 1 is 1.62 bits per heavy atom. The van der Waals surface area contributed by atoms with Gasteiger partial charge in [-0.2, -0.15) is 5.26 Å². The summed E-state index contributed by atoms with van der Waals surface area (Å²) in [5.74, 6) is 0. The van der Waals surface area contributed by atoms with E-state index in [1.165, 1.54) is 0 Å². The minimum Gasteiger partial charge on any atom is -0.394 e. The van der Waals surface area contributed by atoms with Crippen molar-refractivity contribution in [3.63, 3.8) is 0 Å². The van der Waals surface area contributed by atoms with Gasteiger partial charge in [0.2, 0.25) is 0 Å². The third kappa shape index (κ3) is 209. The summed E-state index contributed by atoms with van der Waals surface area (Å²) < 4.78 is 0. The lowest BCUT2D eigenvalue weighted by atomic mass is 10.5. The number of thiocyanates is 1. The number of aliphatic hydroxyl groups excluding tert-OH is 1. The van der Waals surface area contributed by atoms with Crippen LogP contribution in [-0.2, 0) is 0 Å². The molecule has 0 aromatic carbocycles. The molecule has 48 valence electrons. The summed E-state index contributed by atoms with van der Waals surface area (Å²) in [5.41, 5.74) is 0. The van der Waals surface area contributed by atoms with Gasteiger partial charge >= 0.3 is 0 Å². The lowest BCUT2D eigenvalue weighted by molar-refractivity contribution is 0.216. The van der Waals surface area contributed by atoms with Gasteiger partial charge in [-0.25, -0.2) is 0 Å². The summed E-state index contributed by atoms with van der Waals surface area (Å²) >= 11 is 1.16. The van der Waals surface area contributed by atoms with Crippen LogP contribution in [0.25, 0.3) is 0 Å². The van der Waals surface area contributed by atoms with Crippen molar-refractivity contribution >= 4 is 11.8 Å². The third-order valence-electron chi connectivity index (χ3n) is 0.0913. The van der Waals surface area contributed by atoms with Gasteiger partial charge in [0.15, 0.2) is 0 Å². The number of rotatable bonds is 0. The molecule has 0 saturated heterocycles. The molecule has 0 unspecified atom stereocenters. The maximum Gasteiger partial charge on any atom is 0.133 e. The number of hydrogen-bond donors (Lipinski definition) is 1. The van der Waals surface area contributed by atoms with E-state index in [0.29, 0.717) is 0 Å². The van der Waals surface area contributed by atoms with Crippen molar-refractivity contribution in [2.24, 2.45) is 0 Å². The molecule has 8 heavy (non-hydrogen) atoms. The molecule has 0 aliphatic rings. The van der Waals surface area contributed by atoms with Crippen LogP contribution < -0.4 is 0 Å². The molecule has 0 fully saturated rings. The van der Waals surface area contributed by atoms with Crippen LogP contribution in [0.15, 0.2) is 0 Å². The number of hydrogen-bond acceptors (Lipinski definition) is 3. The fourth-order valence-electron chi connectivity index (χ4n) is 0. The van der Waals surface area contributed by atoms with Gasteiger partial charge < -0.3 is 5.11 Å². The molecular formula is C5H11NOS. The lowest BCUT2D eigenvalue weighted by Crippen LogP contribution is -1.85. The van der Waals surface area contributed by atoms with Crippen LogP contribution in [0, 0.1) is 10.7 Å². The van der Waals surface area contributed by atoms with Crippen molar-refractivity contribution in [3.8, 4) is 5.40 Å².